The number of carbonyl (C=O) groups excluding carboxylic acids is 1. The maximum atomic E-state index is 11.7. The molecule has 0 radical (unpaired) electrons. The second-order valence-electron chi connectivity index (χ2n) is 4.96. The number of aliphatic hydroxyl groups is 4. The van der Waals surface area contributed by atoms with Crippen LogP contribution in [-0.4, -0.2) is 63.8 Å². The highest BCUT2D eigenvalue weighted by Gasteiger charge is 2.44. The Labute approximate surface area is 126 Å². The van der Waals surface area contributed by atoms with Gasteiger partial charge in [-0.2, -0.15) is 0 Å². The minimum absolute atomic E-state index is 0.0221. The summed E-state index contributed by atoms with van der Waals surface area (Å²) in [5, 5.41) is 40.5. The van der Waals surface area contributed by atoms with Crippen LogP contribution in [-0.2, 0) is 16.1 Å². The van der Waals surface area contributed by atoms with Crippen LogP contribution in [0, 0.1) is 0 Å². The van der Waals surface area contributed by atoms with E-state index in [1.54, 1.807) is 24.3 Å². The van der Waals surface area contributed by atoms with Gasteiger partial charge in [0.2, 0.25) is 0 Å². The van der Waals surface area contributed by atoms with E-state index in [4.69, 9.17) is 14.6 Å². The molecule has 1 aromatic rings. The molecule has 0 aromatic heterocycles. The molecule has 122 valence electrons. The third-order valence-corrected chi connectivity index (χ3v) is 3.40. The summed E-state index contributed by atoms with van der Waals surface area (Å²) in [5.74, 6) is 0. The molecule has 0 unspecified atom stereocenters. The second-order valence-corrected chi connectivity index (χ2v) is 4.96. The lowest BCUT2D eigenvalue weighted by Crippen LogP contribution is -2.64. The molecule has 5 N–H and O–H groups in total. The fourth-order valence-corrected chi connectivity index (χ4v) is 2.15. The maximum Gasteiger partial charge on any atom is 0.407 e. The number of nitrogens with one attached hydrogen (secondary N) is 1. The number of aliphatic hydroxyl groups excluding tert-OH is 4. The molecular formula is C14H19NO7. The quantitative estimate of drug-likeness (QED) is 0.468. The first kappa shape index (κ1) is 16.7. The fraction of sp³-hybridized carbons (Fsp3) is 0.500. The van der Waals surface area contributed by atoms with Crippen LogP contribution in [0.5, 0.6) is 0 Å². The molecule has 2 rings (SSSR count). The van der Waals surface area contributed by atoms with E-state index in [0.717, 1.165) is 5.56 Å². The smallest absolute Gasteiger partial charge is 0.407 e. The third kappa shape index (κ3) is 3.93. The first-order valence-electron chi connectivity index (χ1n) is 6.80. The first-order chi connectivity index (χ1) is 10.5. The van der Waals surface area contributed by atoms with Crippen LogP contribution in [0.3, 0.4) is 0 Å². The minimum atomic E-state index is -1.57. The molecule has 1 aliphatic rings. The summed E-state index contributed by atoms with van der Waals surface area (Å²) < 4.78 is 9.88. The van der Waals surface area contributed by atoms with Gasteiger partial charge >= 0.3 is 6.09 Å². The number of carbonyl (C=O) groups is 1. The highest BCUT2D eigenvalue weighted by atomic mass is 16.6. The van der Waals surface area contributed by atoms with E-state index in [-0.39, 0.29) is 6.61 Å². The molecule has 5 atom stereocenters. The van der Waals surface area contributed by atoms with Crippen molar-refractivity contribution >= 4 is 6.09 Å². The number of ether oxygens (including phenoxy) is 2. The number of rotatable bonds is 4. The zero-order chi connectivity index (χ0) is 16.1. The topological polar surface area (TPSA) is 128 Å². The van der Waals surface area contributed by atoms with Crippen LogP contribution in [0.4, 0.5) is 4.79 Å². The molecule has 1 aliphatic heterocycles. The maximum absolute atomic E-state index is 11.7. The van der Waals surface area contributed by atoms with Gasteiger partial charge in [-0.25, -0.2) is 4.79 Å². The van der Waals surface area contributed by atoms with Crippen LogP contribution in [0.25, 0.3) is 0 Å². The molecule has 8 nitrogen and oxygen atoms in total. The Kier molecular flexibility index (Phi) is 5.69. The monoisotopic (exact) mass is 313 g/mol. The zero-order valence-electron chi connectivity index (χ0n) is 11.7. The molecular weight excluding hydrogens is 294 g/mol. The Morgan fingerprint density at radius 3 is 2.50 bits per heavy atom. The zero-order valence-corrected chi connectivity index (χ0v) is 11.7. The predicted octanol–water partition coefficient (Wildman–Crippen LogP) is -1.29. The standard InChI is InChI=1S/C14H19NO7/c16-6-9-11(17)12(18)10(13(19)22-9)15-14(20)21-7-8-4-2-1-3-5-8/h1-5,9-13,16-19H,6-7H2,(H,15,20)/t9-,10+,11-,12+,13-/m1/s1. The average Bonchev–Trinajstić information content (AvgIpc) is 2.54. The molecule has 8 heteroatoms. The Morgan fingerprint density at radius 1 is 1.18 bits per heavy atom. The van der Waals surface area contributed by atoms with Gasteiger partial charge in [0.05, 0.1) is 6.61 Å². The molecule has 1 aromatic carbocycles. The number of benzene rings is 1. The molecule has 1 fully saturated rings. The summed E-state index contributed by atoms with van der Waals surface area (Å²) in [4.78, 5) is 11.7. The molecule has 0 spiro atoms. The average molecular weight is 313 g/mol. The highest BCUT2D eigenvalue weighted by molar-refractivity contribution is 5.67. The van der Waals surface area contributed by atoms with Gasteiger partial charge in [-0.05, 0) is 5.56 Å². The Morgan fingerprint density at radius 2 is 1.86 bits per heavy atom. The summed E-state index contributed by atoms with van der Waals surface area (Å²) in [7, 11) is 0. The molecule has 1 heterocycles. The fourth-order valence-electron chi connectivity index (χ4n) is 2.15. The Balaban J connectivity index is 1.87. The highest BCUT2D eigenvalue weighted by Crippen LogP contribution is 2.19. The van der Waals surface area contributed by atoms with Crippen molar-refractivity contribution in [3.05, 3.63) is 35.9 Å². The van der Waals surface area contributed by atoms with E-state index in [0.29, 0.717) is 0 Å². The molecule has 0 aliphatic carbocycles. The van der Waals surface area contributed by atoms with Crippen molar-refractivity contribution in [3.8, 4) is 0 Å². The van der Waals surface area contributed by atoms with Crippen LogP contribution >= 0.6 is 0 Å². The number of hydrogen-bond donors (Lipinski definition) is 5. The van der Waals surface area contributed by atoms with Gasteiger partial charge < -0.3 is 35.2 Å². The molecule has 0 bridgehead atoms. The van der Waals surface area contributed by atoms with Crippen molar-refractivity contribution in [2.24, 2.45) is 0 Å². The van der Waals surface area contributed by atoms with Crippen molar-refractivity contribution in [1.82, 2.24) is 5.32 Å². The van der Waals surface area contributed by atoms with Crippen molar-refractivity contribution in [3.63, 3.8) is 0 Å². The van der Waals surface area contributed by atoms with Crippen LogP contribution in [0.2, 0.25) is 0 Å². The van der Waals surface area contributed by atoms with E-state index in [9.17, 15) is 20.1 Å². The summed E-state index contributed by atoms with van der Waals surface area (Å²) in [6, 6.07) is 7.71. The summed E-state index contributed by atoms with van der Waals surface area (Å²) >= 11 is 0. The lowest BCUT2D eigenvalue weighted by atomic mass is 9.97. The van der Waals surface area contributed by atoms with Gasteiger partial charge in [-0.1, -0.05) is 30.3 Å². The van der Waals surface area contributed by atoms with Gasteiger partial charge in [-0.15, -0.1) is 0 Å². The van der Waals surface area contributed by atoms with E-state index in [1.807, 2.05) is 6.07 Å². The number of hydrogen-bond acceptors (Lipinski definition) is 7. The lowest BCUT2D eigenvalue weighted by molar-refractivity contribution is -0.253. The Hall–Kier alpha value is -1.71. The second kappa shape index (κ2) is 7.52. The summed E-state index contributed by atoms with van der Waals surface area (Å²) in [6.07, 6.45) is -6.49. The van der Waals surface area contributed by atoms with Crippen molar-refractivity contribution in [2.75, 3.05) is 6.61 Å². The first-order valence-corrected chi connectivity index (χ1v) is 6.80. The van der Waals surface area contributed by atoms with E-state index in [2.05, 4.69) is 5.32 Å². The summed E-state index contributed by atoms with van der Waals surface area (Å²) in [6.45, 7) is -0.547. The largest absolute Gasteiger partial charge is 0.445 e. The molecule has 0 saturated carbocycles. The van der Waals surface area contributed by atoms with Crippen molar-refractivity contribution < 1.29 is 34.7 Å². The van der Waals surface area contributed by atoms with Crippen molar-refractivity contribution in [2.45, 2.75) is 37.3 Å². The van der Waals surface area contributed by atoms with Crippen molar-refractivity contribution in [1.29, 1.82) is 0 Å². The Bertz CT molecular complexity index is 483. The minimum Gasteiger partial charge on any atom is -0.445 e. The van der Waals surface area contributed by atoms with Gasteiger partial charge in [0.15, 0.2) is 6.29 Å². The molecule has 1 saturated heterocycles. The molecule has 1 amide bonds. The molecule has 22 heavy (non-hydrogen) atoms. The van der Waals surface area contributed by atoms with Crippen LogP contribution in [0.15, 0.2) is 30.3 Å². The number of amides is 1. The van der Waals surface area contributed by atoms with Gasteiger partial charge in [0, 0.05) is 0 Å². The SMILES string of the molecule is O=C(N[C@H]1[C@H](O)[C@H](O)[C@@H](CO)O[C@H]1O)OCc1ccccc1. The van der Waals surface area contributed by atoms with Gasteiger partial charge in [0.25, 0.3) is 0 Å². The summed E-state index contributed by atoms with van der Waals surface area (Å²) in [5.41, 5.74) is 0.777. The van der Waals surface area contributed by atoms with E-state index in [1.165, 1.54) is 0 Å². The van der Waals surface area contributed by atoms with Crippen LogP contribution < -0.4 is 5.32 Å². The predicted molar refractivity (Wildman–Crippen MR) is 73.5 cm³/mol. The van der Waals surface area contributed by atoms with Gasteiger partial charge in [-0.3, -0.25) is 0 Å². The number of alkyl carbamates (subject to hydrolysis) is 1. The van der Waals surface area contributed by atoms with Gasteiger partial charge in [0.1, 0.15) is 31.0 Å². The van der Waals surface area contributed by atoms with E-state index >= 15 is 0 Å². The lowest BCUT2D eigenvalue weighted by Gasteiger charge is -2.39. The van der Waals surface area contributed by atoms with Crippen LogP contribution in [0.1, 0.15) is 5.56 Å². The third-order valence-electron chi connectivity index (χ3n) is 3.40. The van der Waals surface area contributed by atoms with E-state index < -0.39 is 43.3 Å². The normalized spacial score (nSPS) is 31.5.